The van der Waals surface area contributed by atoms with Crippen LogP contribution < -0.4 is 0 Å². The Hall–Kier alpha value is -1.61. The SMILES string of the molecule is CC12C=CC(=O)N1C(c1ccccc1)CO2. The van der Waals surface area contributed by atoms with Crippen LogP contribution in [0.5, 0.6) is 0 Å². The largest absolute Gasteiger partial charge is 0.350 e. The Kier molecular flexibility index (Phi) is 1.91. The minimum atomic E-state index is -0.544. The van der Waals surface area contributed by atoms with E-state index >= 15 is 0 Å². The van der Waals surface area contributed by atoms with Gasteiger partial charge in [0, 0.05) is 6.08 Å². The molecule has 0 aliphatic carbocycles. The van der Waals surface area contributed by atoms with Crippen LogP contribution >= 0.6 is 0 Å². The highest BCUT2D eigenvalue weighted by molar-refractivity contribution is 5.91. The number of carbonyl (C=O) groups is 1. The molecule has 2 aliphatic rings. The van der Waals surface area contributed by atoms with Gasteiger partial charge in [0.05, 0.1) is 12.6 Å². The van der Waals surface area contributed by atoms with E-state index in [1.54, 1.807) is 6.08 Å². The summed E-state index contributed by atoms with van der Waals surface area (Å²) in [6, 6.07) is 10.0. The first-order valence-electron chi connectivity index (χ1n) is 5.42. The molecule has 3 rings (SSSR count). The van der Waals surface area contributed by atoms with Gasteiger partial charge in [0.1, 0.15) is 0 Å². The molecule has 2 aliphatic heterocycles. The number of fused-ring (bicyclic) bond motifs is 1. The zero-order valence-corrected chi connectivity index (χ0v) is 9.09. The van der Waals surface area contributed by atoms with E-state index in [9.17, 15) is 4.79 Å². The van der Waals surface area contributed by atoms with Gasteiger partial charge in [-0.05, 0) is 18.6 Å². The third kappa shape index (κ3) is 1.21. The van der Waals surface area contributed by atoms with Crippen LogP contribution in [0.2, 0.25) is 0 Å². The molecule has 1 saturated heterocycles. The number of hydrogen-bond donors (Lipinski definition) is 0. The molecule has 1 aromatic rings. The van der Waals surface area contributed by atoms with Crippen LogP contribution in [0.25, 0.3) is 0 Å². The highest BCUT2D eigenvalue weighted by Gasteiger charge is 2.48. The lowest BCUT2D eigenvalue weighted by atomic mass is 10.1. The van der Waals surface area contributed by atoms with Crippen LogP contribution in [0.4, 0.5) is 0 Å². The van der Waals surface area contributed by atoms with Gasteiger partial charge in [-0.2, -0.15) is 0 Å². The van der Waals surface area contributed by atoms with Crippen molar-refractivity contribution in [3.05, 3.63) is 48.0 Å². The van der Waals surface area contributed by atoms with Gasteiger partial charge in [-0.15, -0.1) is 0 Å². The minimum Gasteiger partial charge on any atom is -0.350 e. The highest BCUT2D eigenvalue weighted by Crippen LogP contribution is 2.40. The van der Waals surface area contributed by atoms with Crippen molar-refractivity contribution in [3.8, 4) is 0 Å². The molecular weight excluding hydrogens is 202 g/mol. The zero-order valence-electron chi connectivity index (χ0n) is 9.09. The molecule has 0 bridgehead atoms. The van der Waals surface area contributed by atoms with Crippen LogP contribution in [-0.4, -0.2) is 23.1 Å². The van der Waals surface area contributed by atoms with Crippen molar-refractivity contribution >= 4 is 5.91 Å². The summed E-state index contributed by atoms with van der Waals surface area (Å²) in [5.74, 6) is 0.0360. The molecule has 2 unspecified atom stereocenters. The Balaban J connectivity index is 1.98. The molecule has 0 aromatic heterocycles. The average Bonchev–Trinajstić information content (AvgIpc) is 2.78. The van der Waals surface area contributed by atoms with Crippen molar-refractivity contribution in [2.75, 3.05) is 6.61 Å². The van der Waals surface area contributed by atoms with Gasteiger partial charge in [-0.1, -0.05) is 30.3 Å². The predicted octanol–water partition coefficient (Wildman–Crippen LogP) is 1.87. The molecule has 0 spiro atoms. The fourth-order valence-electron chi connectivity index (χ4n) is 2.43. The first-order valence-corrected chi connectivity index (χ1v) is 5.42. The fraction of sp³-hybridized carbons (Fsp3) is 0.308. The lowest BCUT2D eigenvalue weighted by Gasteiger charge is -2.29. The summed E-state index contributed by atoms with van der Waals surface area (Å²) < 4.78 is 5.72. The Bertz CT molecular complexity index is 454. The van der Waals surface area contributed by atoms with Crippen LogP contribution in [0.1, 0.15) is 18.5 Å². The van der Waals surface area contributed by atoms with Crippen LogP contribution in [0.15, 0.2) is 42.5 Å². The maximum absolute atomic E-state index is 11.8. The van der Waals surface area contributed by atoms with Gasteiger partial charge < -0.3 is 4.74 Å². The molecule has 2 heterocycles. The van der Waals surface area contributed by atoms with Crippen molar-refractivity contribution in [3.63, 3.8) is 0 Å². The summed E-state index contributed by atoms with van der Waals surface area (Å²) >= 11 is 0. The summed E-state index contributed by atoms with van der Waals surface area (Å²) in [6.45, 7) is 2.49. The van der Waals surface area contributed by atoms with E-state index in [2.05, 4.69) is 0 Å². The first-order chi connectivity index (χ1) is 7.71. The molecule has 1 fully saturated rings. The van der Waals surface area contributed by atoms with E-state index in [1.807, 2.05) is 48.2 Å². The smallest absolute Gasteiger partial charge is 0.249 e. The highest BCUT2D eigenvalue weighted by atomic mass is 16.5. The molecule has 0 saturated carbocycles. The maximum Gasteiger partial charge on any atom is 0.249 e. The zero-order chi connectivity index (χ0) is 11.2. The Morgan fingerprint density at radius 3 is 2.88 bits per heavy atom. The molecule has 3 nitrogen and oxygen atoms in total. The number of hydrogen-bond acceptors (Lipinski definition) is 2. The number of nitrogens with zero attached hydrogens (tertiary/aromatic N) is 1. The van der Waals surface area contributed by atoms with Crippen LogP contribution in [0, 0.1) is 0 Å². The van der Waals surface area contributed by atoms with E-state index in [4.69, 9.17) is 4.74 Å². The summed E-state index contributed by atoms with van der Waals surface area (Å²) in [5, 5.41) is 0. The van der Waals surface area contributed by atoms with E-state index < -0.39 is 5.72 Å². The number of amides is 1. The molecule has 1 aromatic carbocycles. The van der Waals surface area contributed by atoms with Crippen molar-refractivity contribution in [2.45, 2.75) is 18.7 Å². The molecule has 0 N–H and O–H groups in total. The topological polar surface area (TPSA) is 29.5 Å². The van der Waals surface area contributed by atoms with Gasteiger partial charge in [-0.25, -0.2) is 0 Å². The number of carbonyl (C=O) groups excluding carboxylic acids is 1. The Morgan fingerprint density at radius 1 is 1.38 bits per heavy atom. The lowest BCUT2D eigenvalue weighted by Crippen LogP contribution is -2.40. The molecule has 16 heavy (non-hydrogen) atoms. The predicted molar refractivity (Wildman–Crippen MR) is 59.5 cm³/mol. The molecule has 3 heteroatoms. The van der Waals surface area contributed by atoms with E-state index in [1.165, 1.54) is 0 Å². The number of ether oxygens (including phenoxy) is 1. The third-order valence-electron chi connectivity index (χ3n) is 3.28. The van der Waals surface area contributed by atoms with Crippen molar-refractivity contribution < 1.29 is 9.53 Å². The number of rotatable bonds is 1. The standard InChI is InChI=1S/C13H13NO2/c1-13-8-7-12(15)14(13)11(9-16-13)10-5-3-2-4-6-10/h2-8,11H,9H2,1H3. The average molecular weight is 215 g/mol. The van der Waals surface area contributed by atoms with Gasteiger partial charge in [0.25, 0.3) is 0 Å². The van der Waals surface area contributed by atoms with Crippen LogP contribution in [-0.2, 0) is 9.53 Å². The summed E-state index contributed by atoms with van der Waals surface area (Å²) in [5.41, 5.74) is 0.584. The second-order valence-corrected chi connectivity index (χ2v) is 4.33. The fourth-order valence-corrected chi connectivity index (χ4v) is 2.43. The van der Waals surface area contributed by atoms with Gasteiger partial charge in [0.15, 0.2) is 5.72 Å². The van der Waals surface area contributed by atoms with Gasteiger partial charge in [-0.3, -0.25) is 9.69 Å². The van der Waals surface area contributed by atoms with Gasteiger partial charge >= 0.3 is 0 Å². The third-order valence-corrected chi connectivity index (χ3v) is 3.28. The van der Waals surface area contributed by atoms with Crippen molar-refractivity contribution in [1.82, 2.24) is 4.90 Å². The molecule has 2 atom stereocenters. The second-order valence-electron chi connectivity index (χ2n) is 4.33. The Morgan fingerprint density at radius 2 is 2.12 bits per heavy atom. The summed E-state index contributed by atoms with van der Waals surface area (Å²) in [4.78, 5) is 13.6. The summed E-state index contributed by atoms with van der Waals surface area (Å²) in [7, 11) is 0. The van der Waals surface area contributed by atoms with Gasteiger partial charge in [0.2, 0.25) is 5.91 Å². The normalized spacial score (nSPS) is 32.2. The maximum atomic E-state index is 11.8. The lowest BCUT2D eigenvalue weighted by molar-refractivity contribution is -0.134. The molecule has 1 amide bonds. The van der Waals surface area contributed by atoms with Crippen molar-refractivity contribution in [2.24, 2.45) is 0 Å². The molecular formula is C13H13NO2. The van der Waals surface area contributed by atoms with Crippen LogP contribution in [0.3, 0.4) is 0 Å². The quantitative estimate of drug-likeness (QED) is 0.715. The first kappa shape index (κ1) is 9.60. The molecule has 0 radical (unpaired) electrons. The Labute approximate surface area is 94.3 Å². The second kappa shape index (κ2) is 3.19. The number of benzene rings is 1. The summed E-state index contributed by atoms with van der Waals surface area (Å²) in [6.07, 6.45) is 3.42. The molecule has 82 valence electrons. The van der Waals surface area contributed by atoms with E-state index in [-0.39, 0.29) is 11.9 Å². The minimum absolute atomic E-state index is 0.0358. The van der Waals surface area contributed by atoms with E-state index in [0.717, 1.165) is 5.56 Å². The van der Waals surface area contributed by atoms with E-state index in [0.29, 0.717) is 6.61 Å². The monoisotopic (exact) mass is 215 g/mol. The van der Waals surface area contributed by atoms with Crippen molar-refractivity contribution in [1.29, 1.82) is 0 Å².